The van der Waals surface area contributed by atoms with Crippen molar-refractivity contribution >= 4 is 27.8 Å². The van der Waals surface area contributed by atoms with E-state index < -0.39 is 0 Å². The molecule has 3 aromatic carbocycles. The molecule has 1 amide bonds. The Bertz CT molecular complexity index is 1380. The van der Waals surface area contributed by atoms with Gasteiger partial charge in [-0.2, -0.15) is 5.10 Å². The van der Waals surface area contributed by atoms with Gasteiger partial charge in [-0.3, -0.25) is 9.48 Å². The molecule has 2 heterocycles. The summed E-state index contributed by atoms with van der Waals surface area (Å²) in [7, 11) is 0. The molecule has 1 N–H and O–H groups in total. The Morgan fingerprint density at radius 1 is 0.969 bits per heavy atom. The maximum absolute atomic E-state index is 12.6. The van der Waals surface area contributed by atoms with Crippen molar-refractivity contribution in [1.29, 1.82) is 0 Å². The molecule has 0 aliphatic heterocycles. The standard InChI is InChI=1S/C26H25N5O/c1-19-11-12-23-21(15-19)16-28-31(23)14-13-26(32)27-17-25-29-22-9-5-6-10-24(22)30(25)18-20-7-3-2-4-8-20/h2-12,15-16H,13-14,17-18H2,1H3,(H,27,32). The van der Waals surface area contributed by atoms with Crippen LogP contribution in [0.2, 0.25) is 0 Å². The maximum Gasteiger partial charge on any atom is 0.222 e. The molecule has 0 radical (unpaired) electrons. The van der Waals surface area contributed by atoms with Gasteiger partial charge in [-0.15, -0.1) is 0 Å². The smallest absolute Gasteiger partial charge is 0.222 e. The number of hydrogen-bond acceptors (Lipinski definition) is 3. The molecule has 160 valence electrons. The number of imidazole rings is 1. The van der Waals surface area contributed by atoms with Crippen LogP contribution < -0.4 is 5.32 Å². The summed E-state index contributed by atoms with van der Waals surface area (Å²) in [5, 5.41) is 8.58. The molecule has 0 spiro atoms. The van der Waals surface area contributed by atoms with E-state index in [4.69, 9.17) is 4.98 Å². The Hall–Kier alpha value is -3.93. The Morgan fingerprint density at radius 3 is 2.66 bits per heavy atom. The first-order valence-corrected chi connectivity index (χ1v) is 10.8. The third-order valence-electron chi connectivity index (χ3n) is 5.71. The minimum Gasteiger partial charge on any atom is -0.349 e. The third-order valence-corrected chi connectivity index (χ3v) is 5.71. The molecule has 0 bridgehead atoms. The lowest BCUT2D eigenvalue weighted by molar-refractivity contribution is -0.121. The molecule has 0 saturated carbocycles. The summed E-state index contributed by atoms with van der Waals surface area (Å²) in [4.78, 5) is 17.4. The molecule has 0 unspecified atom stereocenters. The molecule has 0 saturated heterocycles. The van der Waals surface area contributed by atoms with Crippen LogP contribution in [0.25, 0.3) is 21.9 Å². The van der Waals surface area contributed by atoms with Gasteiger partial charge in [-0.25, -0.2) is 4.98 Å². The van der Waals surface area contributed by atoms with E-state index in [9.17, 15) is 4.79 Å². The molecule has 2 aromatic heterocycles. The number of aryl methyl sites for hydroxylation is 2. The molecule has 6 nitrogen and oxygen atoms in total. The minimum atomic E-state index is -0.0147. The first-order chi connectivity index (χ1) is 15.7. The summed E-state index contributed by atoms with van der Waals surface area (Å²) in [6.07, 6.45) is 2.22. The number of amides is 1. The SMILES string of the molecule is Cc1ccc2c(cnn2CCC(=O)NCc2nc3ccccc3n2Cc2ccccc2)c1. The van der Waals surface area contributed by atoms with Crippen molar-refractivity contribution in [2.24, 2.45) is 0 Å². The van der Waals surface area contributed by atoms with Gasteiger partial charge in [0.2, 0.25) is 5.91 Å². The van der Waals surface area contributed by atoms with Crippen molar-refractivity contribution in [3.8, 4) is 0 Å². The van der Waals surface area contributed by atoms with Crippen molar-refractivity contribution < 1.29 is 4.79 Å². The number of carbonyl (C=O) groups is 1. The topological polar surface area (TPSA) is 64.7 Å². The first-order valence-electron chi connectivity index (χ1n) is 10.8. The van der Waals surface area contributed by atoms with Crippen molar-refractivity contribution in [2.45, 2.75) is 33.0 Å². The fraction of sp³-hybridized carbons (Fsp3) is 0.192. The number of hydrogen-bond donors (Lipinski definition) is 1. The lowest BCUT2D eigenvalue weighted by atomic mass is 10.2. The fourth-order valence-electron chi connectivity index (χ4n) is 4.06. The largest absolute Gasteiger partial charge is 0.349 e. The molecule has 5 rings (SSSR count). The normalized spacial score (nSPS) is 11.3. The lowest BCUT2D eigenvalue weighted by Gasteiger charge is -2.11. The maximum atomic E-state index is 12.6. The number of fused-ring (bicyclic) bond motifs is 2. The van der Waals surface area contributed by atoms with Crippen molar-refractivity contribution in [1.82, 2.24) is 24.6 Å². The third kappa shape index (κ3) is 4.12. The van der Waals surface area contributed by atoms with Gasteiger partial charge in [0.1, 0.15) is 5.82 Å². The highest BCUT2D eigenvalue weighted by molar-refractivity contribution is 5.80. The second-order valence-corrected chi connectivity index (χ2v) is 8.05. The van der Waals surface area contributed by atoms with E-state index in [0.717, 1.165) is 27.8 Å². The molecule has 0 atom stereocenters. The average Bonchev–Trinajstić information content (AvgIpc) is 3.37. The van der Waals surface area contributed by atoms with Gasteiger partial charge in [0, 0.05) is 18.4 Å². The van der Waals surface area contributed by atoms with E-state index in [-0.39, 0.29) is 5.91 Å². The molecule has 32 heavy (non-hydrogen) atoms. The second kappa shape index (κ2) is 8.67. The zero-order valence-corrected chi connectivity index (χ0v) is 18.0. The lowest BCUT2D eigenvalue weighted by Crippen LogP contribution is -2.26. The molecule has 0 aliphatic carbocycles. The van der Waals surface area contributed by atoms with Crippen LogP contribution in [0.4, 0.5) is 0 Å². The van der Waals surface area contributed by atoms with Crippen molar-refractivity contribution in [2.75, 3.05) is 0 Å². The molecular formula is C26H25N5O. The highest BCUT2D eigenvalue weighted by Crippen LogP contribution is 2.18. The van der Waals surface area contributed by atoms with Crippen molar-refractivity contribution in [3.05, 3.63) is 95.9 Å². The monoisotopic (exact) mass is 423 g/mol. The van der Waals surface area contributed by atoms with Gasteiger partial charge in [0.25, 0.3) is 0 Å². The minimum absolute atomic E-state index is 0.0147. The number of para-hydroxylation sites is 2. The number of rotatable bonds is 7. The van der Waals surface area contributed by atoms with Gasteiger partial charge in [-0.1, -0.05) is 54.1 Å². The van der Waals surface area contributed by atoms with Crippen LogP contribution in [0.1, 0.15) is 23.4 Å². The summed E-state index contributed by atoms with van der Waals surface area (Å²) in [6, 6.07) is 24.6. The summed E-state index contributed by atoms with van der Waals surface area (Å²) in [6.45, 7) is 3.71. The highest BCUT2D eigenvalue weighted by Gasteiger charge is 2.13. The van der Waals surface area contributed by atoms with E-state index in [1.54, 1.807) is 0 Å². The Morgan fingerprint density at radius 2 is 1.78 bits per heavy atom. The number of carbonyl (C=O) groups excluding carboxylic acids is 1. The van der Waals surface area contributed by atoms with Crippen molar-refractivity contribution in [3.63, 3.8) is 0 Å². The summed E-state index contributed by atoms with van der Waals surface area (Å²) < 4.78 is 4.06. The van der Waals surface area contributed by atoms with E-state index in [1.165, 1.54) is 11.1 Å². The number of nitrogens with zero attached hydrogens (tertiary/aromatic N) is 4. The predicted molar refractivity (Wildman–Crippen MR) is 126 cm³/mol. The van der Waals surface area contributed by atoms with Gasteiger partial charge in [0.15, 0.2) is 0 Å². The fourth-order valence-corrected chi connectivity index (χ4v) is 4.06. The molecular weight excluding hydrogens is 398 g/mol. The van der Waals surface area contributed by atoms with E-state index >= 15 is 0 Å². The van der Waals surface area contributed by atoms with Crippen LogP contribution in [-0.4, -0.2) is 25.2 Å². The zero-order chi connectivity index (χ0) is 21.9. The van der Waals surface area contributed by atoms with Crippen LogP contribution in [0.5, 0.6) is 0 Å². The van der Waals surface area contributed by atoms with Crippen LogP contribution in [0, 0.1) is 6.92 Å². The van der Waals surface area contributed by atoms with Crippen LogP contribution in [0.3, 0.4) is 0 Å². The van der Waals surface area contributed by atoms with E-state index in [0.29, 0.717) is 26.1 Å². The van der Waals surface area contributed by atoms with Gasteiger partial charge >= 0.3 is 0 Å². The Balaban J connectivity index is 1.28. The van der Waals surface area contributed by atoms with Gasteiger partial charge in [-0.05, 0) is 36.8 Å². The Labute approximate surface area is 186 Å². The predicted octanol–water partition coefficient (Wildman–Crippen LogP) is 4.45. The summed E-state index contributed by atoms with van der Waals surface area (Å²) >= 11 is 0. The summed E-state index contributed by atoms with van der Waals surface area (Å²) in [5.41, 5.74) is 5.45. The van der Waals surface area contributed by atoms with Gasteiger partial charge in [0.05, 0.1) is 35.8 Å². The quantitative estimate of drug-likeness (QED) is 0.421. The highest BCUT2D eigenvalue weighted by atomic mass is 16.1. The second-order valence-electron chi connectivity index (χ2n) is 8.05. The van der Waals surface area contributed by atoms with Crippen LogP contribution in [0.15, 0.2) is 79.0 Å². The zero-order valence-electron chi connectivity index (χ0n) is 18.0. The molecule has 0 fully saturated rings. The van der Waals surface area contributed by atoms with Crippen LogP contribution in [-0.2, 0) is 24.4 Å². The molecule has 0 aliphatic rings. The average molecular weight is 424 g/mol. The number of nitrogens with one attached hydrogen (secondary N) is 1. The van der Waals surface area contributed by atoms with E-state index in [2.05, 4.69) is 58.3 Å². The van der Waals surface area contributed by atoms with Gasteiger partial charge < -0.3 is 9.88 Å². The van der Waals surface area contributed by atoms with E-state index in [1.807, 2.05) is 47.3 Å². The Kier molecular flexibility index (Phi) is 5.42. The number of benzene rings is 3. The first kappa shape index (κ1) is 20.0. The molecule has 5 aromatic rings. The summed E-state index contributed by atoms with van der Waals surface area (Å²) in [5.74, 6) is 0.836. The molecule has 6 heteroatoms. The number of aromatic nitrogens is 4. The van der Waals surface area contributed by atoms with Crippen LogP contribution >= 0.6 is 0 Å².